The van der Waals surface area contributed by atoms with Crippen LogP contribution in [0.1, 0.15) is 18.9 Å². The lowest BCUT2D eigenvalue weighted by atomic mass is 10.0. The molecule has 3 N–H and O–H groups in total. The molecule has 4 heteroatoms. The quantitative estimate of drug-likeness (QED) is 0.751. The number of nitrogens with one attached hydrogen (secondary N) is 3. The maximum Gasteiger partial charge on any atom is 0.238 e. The molecule has 1 atom stereocenters. The molecule has 18 heavy (non-hydrogen) atoms. The Morgan fingerprint density at radius 3 is 2.89 bits per heavy atom. The van der Waals surface area contributed by atoms with E-state index in [0.29, 0.717) is 6.54 Å². The third-order valence-electron chi connectivity index (χ3n) is 3.46. The van der Waals surface area contributed by atoms with Crippen molar-refractivity contribution in [2.45, 2.75) is 25.8 Å². The van der Waals surface area contributed by atoms with E-state index in [0.717, 1.165) is 30.8 Å². The maximum absolute atomic E-state index is 11.9. The van der Waals surface area contributed by atoms with E-state index in [1.165, 1.54) is 0 Å². The Hall–Kier alpha value is -1.39. The van der Waals surface area contributed by atoms with Crippen LogP contribution in [0, 0.1) is 6.92 Å². The van der Waals surface area contributed by atoms with Gasteiger partial charge >= 0.3 is 0 Å². The molecule has 1 heterocycles. The summed E-state index contributed by atoms with van der Waals surface area (Å²) in [6, 6.07) is 7.81. The highest BCUT2D eigenvalue weighted by atomic mass is 16.1. The second-order valence-electron chi connectivity index (χ2n) is 5.20. The molecule has 2 rings (SSSR count). The molecule has 0 spiro atoms. The zero-order valence-corrected chi connectivity index (χ0v) is 11.0. The van der Waals surface area contributed by atoms with Gasteiger partial charge in [-0.25, -0.2) is 0 Å². The first-order valence-corrected chi connectivity index (χ1v) is 6.40. The zero-order valence-electron chi connectivity index (χ0n) is 11.0. The number of hydrogen-bond acceptors (Lipinski definition) is 3. The lowest BCUT2D eigenvalue weighted by Gasteiger charge is -2.24. The number of para-hydroxylation sites is 1. The van der Waals surface area contributed by atoms with Crippen LogP contribution < -0.4 is 16.0 Å². The molecule has 0 aliphatic carbocycles. The van der Waals surface area contributed by atoms with Crippen LogP contribution in [0.2, 0.25) is 0 Å². The summed E-state index contributed by atoms with van der Waals surface area (Å²) in [5, 5.41) is 9.55. The molecular formula is C14H21N3O. The summed E-state index contributed by atoms with van der Waals surface area (Å²) in [4.78, 5) is 11.9. The van der Waals surface area contributed by atoms with Crippen molar-refractivity contribution in [1.29, 1.82) is 0 Å². The largest absolute Gasteiger partial charge is 0.325 e. The van der Waals surface area contributed by atoms with Crippen LogP contribution in [0.25, 0.3) is 0 Å². The van der Waals surface area contributed by atoms with Gasteiger partial charge in [0.1, 0.15) is 0 Å². The molecule has 4 nitrogen and oxygen atoms in total. The average Bonchev–Trinajstić information content (AvgIpc) is 2.77. The van der Waals surface area contributed by atoms with E-state index in [1.54, 1.807) is 0 Å². The molecule has 0 radical (unpaired) electrons. The Labute approximate surface area is 108 Å². The summed E-state index contributed by atoms with van der Waals surface area (Å²) in [5.41, 5.74) is 2.02. The van der Waals surface area contributed by atoms with Crippen molar-refractivity contribution in [3.63, 3.8) is 0 Å². The molecule has 1 fully saturated rings. The average molecular weight is 247 g/mol. The summed E-state index contributed by atoms with van der Waals surface area (Å²) in [6.07, 6.45) is 1.06. The molecule has 1 aliphatic heterocycles. The predicted molar refractivity (Wildman–Crippen MR) is 73.7 cm³/mol. The highest BCUT2D eigenvalue weighted by Crippen LogP contribution is 2.14. The number of carbonyl (C=O) groups is 1. The van der Waals surface area contributed by atoms with Gasteiger partial charge in [0, 0.05) is 17.8 Å². The minimum absolute atomic E-state index is 0.0115. The van der Waals surface area contributed by atoms with Gasteiger partial charge in [-0.3, -0.25) is 4.79 Å². The predicted octanol–water partition coefficient (Wildman–Crippen LogP) is 1.28. The molecule has 0 saturated carbocycles. The molecule has 1 aliphatic rings. The minimum Gasteiger partial charge on any atom is -0.325 e. The van der Waals surface area contributed by atoms with Crippen LogP contribution in [-0.4, -0.2) is 31.1 Å². The molecular weight excluding hydrogens is 226 g/mol. The van der Waals surface area contributed by atoms with Gasteiger partial charge < -0.3 is 16.0 Å². The molecule has 1 aromatic carbocycles. The van der Waals surface area contributed by atoms with E-state index in [4.69, 9.17) is 0 Å². The summed E-state index contributed by atoms with van der Waals surface area (Å²) >= 11 is 0. The van der Waals surface area contributed by atoms with E-state index in [9.17, 15) is 4.79 Å². The Balaban J connectivity index is 1.84. The van der Waals surface area contributed by atoms with Gasteiger partial charge in [-0.05, 0) is 38.4 Å². The van der Waals surface area contributed by atoms with Crippen molar-refractivity contribution in [2.24, 2.45) is 0 Å². The van der Waals surface area contributed by atoms with E-state index in [1.807, 2.05) is 31.2 Å². The van der Waals surface area contributed by atoms with E-state index >= 15 is 0 Å². The maximum atomic E-state index is 11.9. The Morgan fingerprint density at radius 2 is 2.22 bits per heavy atom. The monoisotopic (exact) mass is 247 g/mol. The van der Waals surface area contributed by atoms with Gasteiger partial charge in [0.2, 0.25) is 5.91 Å². The Bertz CT molecular complexity index is 425. The number of benzene rings is 1. The van der Waals surface area contributed by atoms with E-state index < -0.39 is 0 Å². The van der Waals surface area contributed by atoms with E-state index in [2.05, 4.69) is 22.9 Å². The second kappa shape index (κ2) is 5.50. The number of aryl methyl sites for hydroxylation is 1. The molecule has 98 valence electrons. The highest BCUT2D eigenvalue weighted by Gasteiger charge is 2.28. The van der Waals surface area contributed by atoms with Crippen LogP contribution in [-0.2, 0) is 4.79 Å². The van der Waals surface area contributed by atoms with Gasteiger partial charge in [0.05, 0.1) is 6.54 Å². The molecule has 0 bridgehead atoms. The lowest BCUT2D eigenvalue weighted by Crippen LogP contribution is -2.47. The van der Waals surface area contributed by atoms with Crippen LogP contribution in [0.5, 0.6) is 0 Å². The van der Waals surface area contributed by atoms with Gasteiger partial charge in [-0.15, -0.1) is 0 Å². The summed E-state index contributed by atoms with van der Waals surface area (Å²) in [7, 11) is 0. The van der Waals surface area contributed by atoms with Crippen molar-refractivity contribution in [2.75, 3.05) is 25.0 Å². The summed E-state index contributed by atoms with van der Waals surface area (Å²) in [6.45, 7) is 6.43. The van der Waals surface area contributed by atoms with E-state index in [-0.39, 0.29) is 11.4 Å². The molecule has 0 aromatic heterocycles. The zero-order chi connectivity index (χ0) is 13.0. The third-order valence-corrected chi connectivity index (χ3v) is 3.46. The van der Waals surface area contributed by atoms with Gasteiger partial charge in [0.15, 0.2) is 0 Å². The number of amides is 1. The SMILES string of the molecule is Cc1ccccc1NC(=O)CNC1(C)CCNC1. The third kappa shape index (κ3) is 3.31. The summed E-state index contributed by atoms with van der Waals surface area (Å²) < 4.78 is 0. The first-order valence-electron chi connectivity index (χ1n) is 6.40. The van der Waals surface area contributed by atoms with Crippen molar-refractivity contribution in [3.8, 4) is 0 Å². The fourth-order valence-electron chi connectivity index (χ4n) is 2.17. The Kier molecular flexibility index (Phi) is 3.99. The van der Waals surface area contributed by atoms with Crippen LogP contribution in [0.3, 0.4) is 0 Å². The minimum atomic E-state index is 0.0115. The highest BCUT2D eigenvalue weighted by molar-refractivity contribution is 5.92. The molecule has 1 unspecified atom stereocenters. The fourth-order valence-corrected chi connectivity index (χ4v) is 2.17. The van der Waals surface area contributed by atoms with Crippen LogP contribution in [0.4, 0.5) is 5.69 Å². The van der Waals surface area contributed by atoms with Crippen molar-refractivity contribution < 1.29 is 4.79 Å². The van der Waals surface area contributed by atoms with Crippen molar-refractivity contribution in [1.82, 2.24) is 10.6 Å². The van der Waals surface area contributed by atoms with Gasteiger partial charge in [0.25, 0.3) is 0 Å². The molecule has 1 amide bonds. The fraction of sp³-hybridized carbons (Fsp3) is 0.500. The number of hydrogen-bond donors (Lipinski definition) is 3. The smallest absolute Gasteiger partial charge is 0.238 e. The lowest BCUT2D eigenvalue weighted by molar-refractivity contribution is -0.115. The van der Waals surface area contributed by atoms with Gasteiger partial charge in [-0.2, -0.15) is 0 Å². The molecule has 1 aromatic rings. The van der Waals surface area contributed by atoms with Gasteiger partial charge in [-0.1, -0.05) is 18.2 Å². The first-order chi connectivity index (χ1) is 8.59. The van der Waals surface area contributed by atoms with Crippen LogP contribution in [0.15, 0.2) is 24.3 Å². The topological polar surface area (TPSA) is 53.2 Å². The normalized spacial score (nSPS) is 23.0. The standard InChI is InChI=1S/C14H21N3O/c1-11-5-3-4-6-12(11)17-13(18)9-16-14(2)7-8-15-10-14/h3-6,15-16H,7-10H2,1-2H3,(H,17,18). The molecule has 1 saturated heterocycles. The number of rotatable bonds is 4. The van der Waals surface area contributed by atoms with Crippen molar-refractivity contribution >= 4 is 11.6 Å². The van der Waals surface area contributed by atoms with Crippen LogP contribution >= 0.6 is 0 Å². The number of carbonyl (C=O) groups excluding carboxylic acids is 1. The second-order valence-corrected chi connectivity index (χ2v) is 5.20. The number of anilines is 1. The summed E-state index contributed by atoms with van der Waals surface area (Å²) in [5.74, 6) is 0.0115. The first kappa shape index (κ1) is 13.1. The Morgan fingerprint density at radius 1 is 1.44 bits per heavy atom. The van der Waals surface area contributed by atoms with Crippen molar-refractivity contribution in [3.05, 3.63) is 29.8 Å².